The van der Waals surface area contributed by atoms with E-state index in [-0.39, 0.29) is 12.2 Å². The predicted molar refractivity (Wildman–Crippen MR) is 133 cm³/mol. The van der Waals surface area contributed by atoms with Crippen molar-refractivity contribution in [2.75, 3.05) is 17.6 Å². The predicted octanol–water partition coefficient (Wildman–Crippen LogP) is 3.48. The Morgan fingerprint density at radius 3 is 2.74 bits per heavy atom. The second-order valence-electron chi connectivity index (χ2n) is 7.58. The van der Waals surface area contributed by atoms with E-state index in [1.807, 2.05) is 0 Å². The largest absolute Gasteiger partial charge is 0.593 e. The van der Waals surface area contributed by atoms with E-state index < -0.39 is 23.0 Å². The highest BCUT2D eigenvalue weighted by Crippen LogP contribution is 2.32. The molecule has 0 radical (unpaired) electrons. The van der Waals surface area contributed by atoms with Crippen LogP contribution in [0.25, 0.3) is 22.3 Å². The molecule has 1 aliphatic rings. The fourth-order valence-electron chi connectivity index (χ4n) is 3.57. The number of anilines is 1. The van der Waals surface area contributed by atoms with Crippen LogP contribution in [0.15, 0.2) is 66.8 Å². The molecule has 0 spiro atoms. The summed E-state index contributed by atoms with van der Waals surface area (Å²) in [6.07, 6.45) is 9.40. The number of rotatable bonds is 8. The summed E-state index contributed by atoms with van der Waals surface area (Å²) in [5.41, 5.74) is 3.42. The van der Waals surface area contributed by atoms with Gasteiger partial charge in [0.15, 0.2) is 5.82 Å². The molecule has 1 unspecified atom stereocenters. The van der Waals surface area contributed by atoms with Crippen LogP contribution in [-0.4, -0.2) is 43.5 Å². The Morgan fingerprint density at radius 2 is 2.09 bits per heavy atom. The Balaban J connectivity index is 1.72. The number of hydrogen-bond donors (Lipinski definition) is 4. The summed E-state index contributed by atoms with van der Waals surface area (Å²) in [6, 6.07) is 8.30. The first-order chi connectivity index (χ1) is 16.9. The van der Waals surface area contributed by atoms with Crippen molar-refractivity contribution in [2.24, 2.45) is 0 Å². The first-order valence-electron chi connectivity index (χ1n) is 10.5. The summed E-state index contributed by atoms with van der Waals surface area (Å²) >= 11 is -1.39. The van der Waals surface area contributed by atoms with Crippen LogP contribution in [0.5, 0.6) is 0 Å². The fraction of sp³-hybridized carbons (Fsp3) is 0.125. The van der Waals surface area contributed by atoms with Gasteiger partial charge in [-0.1, -0.05) is 0 Å². The molecule has 0 bridgehead atoms. The van der Waals surface area contributed by atoms with E-state index >= 15 is 0 Å². The third-order valence-corrected chi connectivity index (χ3v) is 5.64. The molecule has 2 aromatic carbocycles. The van der Waals surface area contributed by atoms with Crippen molar-refractivity contribution in [3.63, 3.8) is 0 Å². The zero-order valence-electron chi connectivity index (χ0n) is 18.6. The van der Waals surface area contributed by atoms with Gasteiger partial charge < -0.3 is 20.4 Å². The highest BCUT2D eigenvalue weighted by molar-refractivity contribution is 7.92. The van der Waals surface area contributed by atoms with Crippen molar-refractivity contribution >= 4 is 34.4 Å². The Kier molecular flexibility index (Phi) is 7.39. The van der Waals surface area contributed by atoms with Crippen molar-refractivity contribution in [1.29, 1.82) is 5.41 Å². The Labute approximate surface area is 203 Å². The van der Waals surface area contributed by atoms with Crippen molar-refractivity contribution in [3.05, 3.63) is 89.8 Å². The topological polar surface area (TPSA) is 122 Å². The summed E-state index contributed by atoms with van der Waals surface area (Å²) < 4.78 is 44.1. The highest BCUT2D eigenvalue weighted by Gasteiger charge is 2.16. The van der Waals surface area contributed by atoms with E-state index in [2.05, 4.69) is 20.1 Å². The molecule has 0 saturated heterocycles. The molecule has 1 aliphatic heterocycles. The van der Waals surface area contributed by atoms with Crippen LogP contribution in [-0.2, 0) is 17.9 Å². The molecule has 3 aromatic rings. The van der Waals surface area contributed by atoms with Crippen LogP contribution in [0.4, 0.5) is 14.5 Å². The molecule has 0 aliphatic carbocycles. The van der Waals surface area contributed by atoms with E-state index in [9.17, 15) is 13.3 Å². The maximum atomic E-state index is 14.5. The van der Waals surface area contributed by atoms with Gasteiger partial charge >= 0.3 is 0 Å². The van der Waals surface area contributed by atoms with E-state index in [4.69, 9.17) is 10.5 Å². The number of aromatic nitrogens is 3. The van der Waals surface area contributed by atoms with Gasteiger partial charge in [-0.25, -0.2) is 18.5 Å². The lowest BCUT2D eigenvalue weighted by Crippen LogP contribution is -2.12. The number of allylic oxidation sites excluding steroid dienone is 4. The van der Waals surface area contributed by atoms with Gasteiger partial charge in [-0.3, -0.25) is 4.68 Å². The SMILES string of the molecule is C[S+]([O-])Nc1cc(/C(C=N)=C2\C=CC(c3ncn(CCO)n3)=CN2)cc(-c2ccc(F)cc2F)c1. The maximum absolute atomic E-state index is 14.5. The Hall–Kier alpha value is -3.80. The second-order valence-corrected chi connectivity index (χ2v) is 8.70. The number of dihydropyridines is 1. The number of halogens is 2. The van der Waals surface area contributed by atoms with Crippen LogP contribution in [0, 0.1) is 17.0 Å². The average molecular weight is 497 g/mol. The third kappa shape index (κ3) is 5.65. The second kappa shape index (κ2) is 10.6. The number of aliphatic hydroxyl groups is 1. The minimum Gasteiger partial charge on any atom is -0.593 e. The van der Waals surface area contributed by atoms with Crippen LogP contribution >= 0.6 is 0 Å². The van der Waals surface area contributed by atoms with Crippen LogP contribution < -0.4 is 10.0 Å². The first-order valence-corrected chi connectivity index (χ1v) is 12.0. The fourth-order valence-corrected chi connectivity index (χ4v) is 4.02. The molecule has 0 saturated carbocycles. The smallest absolute Gasteiger partial charge is 0.182 e. The number of hydrogen-bond acceptors (Lipinski definition) is 7. The van der Waals surface area contributed by atoms with Gasteiger partial charge in [0, 0.05) is 40.9 Å². The summed E-state index contributed by atoms with van der Waals surface area (Å²) in [6.45, 7) is 0.291. The molecule has 4 rings (SSSR count). The zero-order valence-corrected chi connectivity index (χ0v) is 19.4. The molecule has 0 amide bonds. The van der Waals surface area contributed by atoms with Gasteiger partial charge in [0.1, 0.15) is 24.2 Å². The summed E-state index contributed by atoms with van der Waals surface area (Å²) in [7, 11) is 0. The van der Waals surface area contributed by atoms with Gasteiger partial charge in [0.25, 0.3) is 0 Å². The molecule has 0 fully saturated rings. The molecule has 4 N–H and O–H groups in total. The Bertz CT molecular complexity index is 1350. The lowest BCUT2D eigenvalue weighted by molar-refractivity contribution is 0.269. The third-order valence-electron chi connectivity index (χ3n) is 5.12. The molecule has 180 valence electrons. The Morgan fingerprint density at radius 1 is 1.26 bits per heavy atom. The minimum absolute atomic E-state index is 0.0468. The average Bonchev–Trinajstić information content (AvgIpc) is 3.28. The summed E-state index contributed by atoms with van der Waals surface area (Å²) in [5, 5.41) is 24.5. The lowest BCUT2D eigenvalue weighted by Gasteiger charge is -2.16. The van der Waals surface area contributed by atoms with Crippen LogP contribution in [0.3, 0.4) is 0 Å². The molecule has 1 aromatic heterocycles. The van der Waals surface area contributed by atoms with Crippen molar-refractivity contribution < 1.29 is 18.4 Å². The van der Waals surface area contributed by atoms with Crippen molar-refractivity contribution in [2.45, 2.75) is 6.54 Å². The van der Waals surface area contributed by atoms with Crippen LogP contribution in [0.2, 0.25) is 0 Å². The van der Waals surface area contributed by atoms with Crippen molar-refractivity contribution in [1.82, 2.24) is 20.1 Å². The van der Waals surface area contributed by atoms with Gasteiger partial charge in [0.05, 0.1) is 30.2 Å². The molecule has 35 heavy (non-hydrogen) atoms. The van der Waals surface area contributed by atoms with E-state index in [0.717, 1.165) is 12.3 Å². The van der Waals surface area contributed by atoms with Crippen LogP contribution in [0.1, 0.15) is 11.4 Å². The van der Waals surface area contributed by atoms with E-state index in [1.165, 1.54) is 29.4 Å². The molecule has 8 nitrogen and oxygen atoms in total. The van der Waals surface area contributed by atoms with Gasteiger partial charge in [-0.15, -0.1) is 0 Å². The molecular weight excluding hydrogens is 474 g/mol. The lowest BCUT2D eigenvalue weighted by atomic mass is 9.96. The highest BCUT2D eigenvalue weighted by atomic mass is 32.2. The minimum atomic E-state index is -1.39. The van der Waals surface area contributed by atoms with E-state index in [0.29, 0.717) is 46.0 Å². The number of benzene rings is 2. The summed E-state index contributed by atoms with van der Waals surface area (Å²) in [5.74, 6) is -0.943. The molecule has 11 heteroatoms. The standard InChI is InChI=1S/C24H22F2N6O2S/c1-35(34)31-19-9-16(20-4-3-18(25)11-22(20)26)8-17(10-19)21(12-27)23-5-2-15(13-28-23)24-29-14-32(30-24)6-7-33/h2-5,8-14,27-28,31,33H,6-7H2,1H3/b23-21+,27-12?. The zero-order chi connectivity index (χ0) is 24.9. The summed E-state index contributed by atoms with van der Waals surface area (Å²) in [4.78, 5) is 4.23. The first kappa shape index (κ1) is 24.3. The quantitative estimate of drug-likeness (QED) is 0.280. The van der Waals surface area contributed by atoms with Gasteiger partial charge in [-0.2, -0.15) is 5.10 Å². The number of aliphatic hydroxyl groups excluding tert-OH is 1. The number of nitrogens with one attached hydrogen (secondary N) is 3. The molecular formula is C24H22F2N6O2S. The van der Waals surface area contributed by atoms with Crippen molar-refractivity contribution in [3.8, 4) is 11.1 Å². The maximum Gasteiger partial charge on any atom is 0.182 e. The van der Waals surface area contributed by atoms with Gasteiger partial charge in [-0.05, 0) is 53.6 Å². The number of nitrogens with zero attached hydrogens (tertiary/aromatic N) is 3. The normalized spacial score (nSPS) is 15.3. The van der Waals surface area contributed by atoms with Gasteiger partial charge in [0.2, 0.25) is 0 Å². The molecule has 1 atom stereocenters. The molecule has 2 heterocycles. The monoisotopic (exact) mass is 496 g/mol. The van der Waals surface area contributed by atoms with E-state index in [1.54, 1.807) is 36.6 Å².